The maximum atomic E-state index is 9.74. The molecule has 1 fully saturated rings. The van der Waals surface area contributed by atoms with Crippen molar-refractivity contribution in [1.82, 2.24) is 0 Å². The van der Waals surface area contributed by atoms with Crippen LogP contribution in [-0.4, -0.2) is 25.9 Å². The standard InChI is InChI=1S/2K.O6S.H2O4S/c;;1-7(2)5-3-4-6-7;1-5(2,3)4/h;;;(H2,1,2,3,4)/q2*+1;;/p-2. The fraction of sp³-hybridized carbons (Fsp3) is 0. The Bertz CT molecular complexity index is 290. The molecule has 0 aromatic carbocycles. The van der Waals surface area contributed by atoms with E-state index in [1.165, 1.54) is 0 Å². The summed E-state index contributed by atoms with van der Waals surface area (Å²) < 4.78 is 60.3. The summed E-state index contributed by atoms with van der Waals surface area (Å²) in [5.74, 6) is 0. The van der Waals surface area contributed by atoms with Crippen LogP contribution in [-0.2, 0) is 39.5 Å². The summed E-state index contributed by atoms with van der Waals surface area (Å²) in [7, 11) is -9.16. The third-order valence-corrected chi connectivity index (χ3v) is 0.694. The van der Waals surface area contributed by atoms with Crippen molar-refractivity contribution in [3.8, 4) is 0 Å². The Morgan fingerprint density at radius 2 is 1.14 bits per heavy atom. The molecule has 0 spiro atoms. The van der Waals surface area contributed by atoms with Crippen LogP contribution in [0.25, 0.3) is 0 Å². The first-order chi connectivity index (χ1) is 5.21. The van der Waals surface area contributed by atoms with Gasteiger partial charge in [-0.05, 0) is 18.7 Å². The Morgan fingerprint density at radius 3 is 1.21 bits per heavy atom. The van der Waals surface area contributed by atoms with Gasteiger partial charge < -0.3 is 9.11 Å². The first-order valence-electron chi connectivity index (χ1n) is 1.83. The number of hydrogen-bond donors (Lipinski definition) is 0. The minimum atomic E-state index is -5.17. The van der Waals surface area contributed by atoms with Crippen LogP contribution in [0.4, 0.5) is 0 Å². The Hall–Kier alpha value is 2.93. The van der Waals surface area contributed by atoms with Crippen molar-refractivity contribution in [2.45, 2.75) is 0 Å². The van der Waals surface area contributed by atoms with E-state index in [1.807, 2.05) is 0 Å². The first-order valence-corrected chi connectivity index (χ1v) is 4.50. The van der Waals surface area contributed by atoms with Crippen LogP contribution in [0.5, 0.6) is 0 Å². The summed E-state index contributed by atoms with van der Waals surface area (Å²) in [6, 6.07) is 0. The summed E-state index contributed by atoms with van der Waals surface area (Å²) in [4.78, 5) is 0. The van der Waals surface area contributed by atoms with Crippen LogP contribution >= 0.6 is 0 Å². The molecular weight excluding hydrogens is 302 g/mol. The van der Waals surface area contributed by atoms with Crippen molar-refractivity contribution in [3.63, 3.8) is 0 Å². The van der Waals surface area contributed by atoms with Gasteiger partial charge in [-0.15, -0.1) is 0 Å². The molecule has 0 aliphatic carbocycles. The molecule has 0 unspecified atom stereocenters. The summed E-state index contributed by atoms with van der Waals surface area (Å²) >= 11 is 0. The topological polar surface area (TPSA) is 151 Å². The van der Waals surface area contributed by atoms with E-state index in [2.05, 4.69) is 18.7 Å². The molecule has 0 N–H and O–H groups in total. The third kappa shape index (κ3) is 20.4. The van der Waals surface area contributed by atoms with Crippen LogP contribution in [0.1, 0.15) is 0 Å². The summed E-state index contributed by atoms with van der Waals surface area (Å²) in [6.07, 6.45) is 0. The van der Waals surface area contributed by atoms with E-state index in [4.69, 9.17) is 17.5 Å². The molecule has 1 saturated heterocycles. The van der Waals surface area contributed by atoms with Gasteiger partial charge in [-0.1, -0.05) is 0 Å². The summed E-state index contributed by atoms with van der Waals surface area (Å²) in [6.45, 7) is 0. The van der Waals surface area contributed by atoms with Gasteiger partial charge in [-0.25, -0.2) is 0 Å². The van der Waals surface area contributed by atoms with Gasteiger partial charge in [0.15, 0.2) is 0 Å². The Kier molecular flexibility index (Phi) is 15.7. The molecule has 14 heavy (non-hydrogen) atoms. The molecule has 10 nitrogen and oxygen atoms in total. The maximum Gasteiger partial charge on any atom is 1.00 e. The van der Waals surface area contributed by atoms with Crippen molar-refractivity contribution in [3.05, 3.63) is 0 Å². The van der Waals surface area contributed by atoms with E-state index >= 15 is 0 Å². The quantitative estimate of drug-likeness (QED) is 0.182. The SMILES string of the molecule is O=S(=O)([O-])[O-].O=S1(=O)OOOO1.[K+].[K+]. The van der Waals surface area contributed by atoms with Gasteiger partial charge >= 0.3 is 113 Å². The normalized spacial score (nSPS) is 18.1. The fourth-order valence-corrected chi connectivity index (χ4v) is 0.306. The largest absolute Gasteiger partial charge is 1.00 e. The molecule has 0 aromatic rings. The second kappa shape index (κ2) is 9.91. The Labute approximate surface area is 164 Å². The van der Waals surface area contributed by atoms with E-state index < -0.39 is 20.8 Å². The minimum Gasteiger partial charge on any atom is -0.759 e. The van der Waals surface area contributed by atoms with E-state index in [1.54, 1.807) is 0 Å². The monoisotopic (exact) mass is 302 g/mol. The minimum absolute atomic E-state index is 0. The van der Waals surface area contributed by atoms with Gasteiger partial charge in [0.1, 0.15) is 0 Å². The Morgan fingerprint density at radius 1 is 0.929 bits per heavy atom. The summed E-state index contributed by atoms with van der Waals surface area (Å²) in [5.41, 5.74) is 0. The average molecular weight is 302 g/mol. The maximum absolute atomic E-state index is 9.74. The fourth-order valence-electron chi connectivity index (χ4n) is 0.102. The zero-order valence-corrected chi connectivity index (χ0v) is 14.8. The first kappa shape index (κ1) is 22.1. The molecule has 0 bridgehead atoms. The number of hydrogen-bond acceptors (Lipinski definition) is 10. The molecular formula is K2O10S2. The van der Waals surface area contributed by atoms with Gasteiger partial charge in [0.2, 0.25) is 0 Å². The van der Waals surface area contributed by atoms with Gasteiger partial charge in [-0.2, -0.15) is 8.42 Å². The van der Waals surface area contributed by atoms with E-state index in [-0.39, 0.29) is 103 Å². The number of rotatable bonds is 0. The van der Waals surface area contributed by atoms with E-state index in [0.717, 1.165) is 0 Å². The van der Waals surface area contributed by atoms with Crippen molar-refractivity contribution in [2.75, 3.05) is 0 Å². The van der Waals surface area contributed by atoms with E-state index in [0.29, 0.717) is 0 Å². The van der Waals surface area contributed by atoms with Crippen LogP contribution in [0.15, 0.2) is 0 Å². The molecule has 74 valence electrons. The molecule has 0 atom stereocenters. The molecule has 1 aliphatic rings. The molecule has 0 saturated carbocycles. The van der Waals surface area contributed by atoms with Crippen LogP contribution < -0.4 is 103 Å². The van der Waals surface area contributed by atoms with Gasteiger partial charge in [-0.3, -0.25) is 8.42 Å². The molecule has 0 radical (unpaired) electrons. The van der Waals surface area contributed by atoms with Crippen molar-refractivity contribution in [2.24, 2.45) is 0 Å². The molecule has 1 aliphatic heterocycles. The van der Waals surface area contributed by atoms with E-state index in [9.17, 15) is 8.42 Å². The predicted octanol–water partition coefficient (Wildman–Crippen LogP) is -8.27. The second-order valence-corrected chi connectivity index (χ2v) is 2.99. The van der Waals surface area contributed by atoms with Gasteiger partial charge in [0.05, 0.1) is 0 Å². The van der Waals surface area contributed by atoms with Gasteiger partial charge in [0.25, 0.3) is 0 Å². The molecule has 0 amide bonds. The third-order valence-electron chi connectivity index (χ3n) is 0.250. The molecule has 1 rings (SSSR count). The van der Waals surface area contributed by atoms with Crippen molar-refractivity contribution >= 4 is 20.8 Å². The van der Waals surface area contributed by atoms with Crippen molar-refractivity contribution in [1.29, 1.82) is 0 Å². The zero-order valence-electron chi connectivity index (χ0n) is 6.90. The molecule has 1 heterocycles. The Balaban J connectivity index is -0.000000159. The summed E-state index contributed by atoms with van der Waals surface area (Å²) in [5, 5.41) is 6.70. The van der Waals surface area contributed by atoms with Crippen LogP contribution in [0.3, 0.4) is 0 Å². The van der Waals surface area contributed by atoms with Gasteiger partial charge in [0, 0.05) is 10.4 Å². The molecule has 0 aromatic heterocycles. The zero-order chi connectivity index (χ0) is 9.83. The molecule has 14 heteroatoms. The van der Waals surface area contributed by atoms with Crippen LogP contribution in [0.2, 0.25) is 0 Å². The smallest absolute Gasteiger partial charge is 0.759 e. The predicted molar refractivity (Wildman–Crippen MR) is 23.7 cm³/mol. The second-order valence-electron chi connectivity index (χ2n) is 1.09. The van der Waals surface area contributed by atoms with Crippen LogP contribution in [0, 0.1) is 0 Å². The van der Waals surface area contributed by atoms with Crippen molar-refractivity contribution < 1.29 is 147 Å². The average Bonchev–Trinajstić information content (AvgIpc) is 2.08.